The first kappa shape index (κ1) is 21.6. The molecule has 1 aliphatic rings. The minimum atomic E-state index is -0.526. The Morgan fingerprint density at radius 3 is 2.30 bits per heavy atom. The Bertz CT molecular complexity index is 823. The molecule has 0 unspecified atom stereocenters. The van der Waals surface area contributed by atoms with E-state index in [-0.39, 0.29) is 5.91 Å². The number of nitrogens with zero attached hydrogens (tertiary/aromatic N) is 2. The van der Waals surface area contributed by atoms with E-state index >= 15 is 0 Å². The van der Waals surface area contributed by atoms with Gasteiger partial charge in [0.05, 0.1) is 12.8 Å². The van der Waals surface area contributed by atoms with Gasteiger partial charge in [0.25, 0.3) is 0 Å². The van der Waals surface area contributed by atoms with Gasteiger partial charge in [0.2, 0.25) is 5.91 Å². The smallest absolute Gasteiger partial charge is 0.338 e. The molecule has 8 heteroatoms. The number of carbonyl (C=O) groups is 2. The number of anilines is 1. The summed E-state index contributed by atoms with van der Waals surface area (Å²) in [4.78, 5) is 28.7. The summed E-state index contributed by atoms with van der Waals surface area (Å²) in [6, 6.07) is 17.0. The largest absolute Gasteiger partial charge is 0.495 e. The van der Waals surface area contributed by atoms with Gasteiger partial charge in [-0.2, -0.15) is 0 Å². The van der Waals surface area contributed by atoms with Crippen LogP contribution in [0.1, 0.15) is 12.0 Å². The number of amides is 3. The van der Waals surface area contributed by atoms with Crippen molar-refractivity contribution in [3.05, 3.63) is 60.2 Å². The molecule has 0 atom stereocenters. The second-order valence-electron chi connectivity index (χ2n) is 7.18. The van der Waals surface area contributed by atoms with Crippen LogP contribution >= 0.6 is 0 Å². The number of rotatable bonds is 7. The maximum Gasteiger partial charge on any atom is 0.338 e. The van der Waals surface area contributed by atoms with Crippen LogP contribution in [-0.2, 0) is 11.3 Å². The number of para-hydroxylation sites is 2. The molecule has 2 aromatic carbocycles. The predicted octanol–water partition coefficient (Wildman–Crippen LogP) is 2.06. The first-order valence-electron chi connectivity index (χ1n) is 10.1. The number of carbonyl (C=O) groups excluding carboxylic acids is 2. The lowest BCUT2D eigenvalue weighted by molar-refractivity contribution is -0.122. The molecule has 0 bridgehead atoms. The molecule has 1 saturated heterocycles. The number of hydrogen-bond acceptors (Lipinski definition) is 5. The van der Waals surface area contributed by atoms with E-state index in [4.69, 9.17) is 4.74 Å². The number of nitrogens with one attached hydrogen (secondary N) is 3. The molecule has 3 amide bonds. The maximum absolute atomic E-state index is 12.1. The van der Waals surface area contributed by atoms with Gasteiger partial charge < -0.3 is 15.0 Å². The van der Waals surface area contributed by atoms with Crippen molar-refractivity contribution in [3.63, 3.8) is 0 Å². The molecule has 0 aromatic heterocycles. The third-order valence-corrected chi connectivity index (χ3v) is 5.04. The van der Waals surface area contributed by atoms with E-state index in [0.717, 1.165) is 32.7 Å². The zero-order chi connectivity index (χ0) is 21.2. The molecule has 1 aliphatic heterocycles. The van der Waals surface area contributed by atoms with E-state index in [9.17, 15) is 9.59 Å². The van der Waals surface area contributed by atoms with Gasteiger partial charge in [-0.15, -0.1) is 0 Å². The monoisotopic (exact) mass is 411 g/mol. The van der Waals surface area contributed by atoms with E-state index in [2.05, 4.69) is 50.2 Å². The summed E-state index contributed by atoms with van der Waals surface area (Å²) in [6.45, 7) is 5.46. The molecule has 0 saturated carbocycles. The number of hydrogen-bond donors (Lipinski definition) is 3. The minimum Gasteiger partial charge on any atom is -0.495 e. The summed E-state index contributed by atoms with van der Waals surface area (Å²) in [5.74, 6) is 0.322. The predicted molar refractivity (Wildman–Crippen MR) is 116 cm³/mol. The van der Waals surface area contributed by atoms with Crippen LogP contribution in [0, 0.1) is 0 Å². The van der Waals surface area contributed by atoms with Gasteiger partial charge in [-0.3, -0.25) is 15.1 Å². The van der Waals surface area contributed by atoms with Crippen LogP contribution in [0.3, 0.4) is 0 Å². The Hall–Kier alpha value is -3.10. The zero-order valence-electron chi connectivity index (χ0n) is 17.3. The Morgan fingerprint density at radius 2 is 1.57 bits per heavy atom. The molecule has 1 heterocycles. The average molecular weight is 412 g/mol. The van der Waals surface area contributed by atoms with Crippen LogP contribution in [0.15, 0.2) is 54.6 Å². The number of benzene rings is 2. The minimum absolute atomic E-state index is 0.225. The summed E-state index contributed by atoms with van der Waals surface area (Å²) in [5.41, 5.74) is 6.66. The molecule has 160 valence electrons. The number of ether oxygens (including phenoxy) is 1. The normalized spacial score (nSPS) is 14.7. The first-order chi connectivity index (χ1) is 14.6. The van der Waals surface area contributed by atoms with Crippen molar-refractivity contribution >= 4 is 17.6 Å². The number of methoxy groups -OCH3 is 1. The fourth-order valence-corrected chi connectivity index (χ4v) is 3.36. The number of piperazine rings is 1. The lowest BCUT2D eigenvalue weighted by Gasteiger charge is -2.34. The van der Waals surface area contributed by atoms with Crippen molar-refractivity contribution in [3.8, 4) is 5.75 Å². The molecule has 8 nitrogen and oxygen atoms in total. The van der Waals surface area contributed by atoms with Crippen LogP contribution < -0.4 is 20.9 Å². The Morgan fingerprint density at radius 1 is 0.900 bits per heavy atom. The summed E-state index contributed by atoms with van der Waals surface area (Å²) in [6.07, 6.45) is 0.327. The molecule has 0 spiro atoms. The van der Waals surface area contributed by atoms with Crippen LogP contribution in [0.5, 0.6) is 5.75 Å². The van der Waals surface area contributed by atoms with Crippen LogP contribution in [-0.4, -0.2) is 61.6 Å². The van der Waals surface area contributed by atoms with Crippen molar-refractivity contribution in [1.82, 2.24) is 20.7 Å². The first-order valence-corrected chi connectivity index (χ1v) is 10.1. The van der Waals surface area contributed by atoms with Crippen molar-refractivity contribution in [2.75, 3.05) is 45.2 Å². The number of urea groups is 1. The van der Waals surface area contributed by atoms with E-state index in [1.165, 1.54) is 12.7 Å². The highest BCUT2D eigenvalue weighted by Crippen LogP contribution is 2.22. The SMILES string of the molecule is COc1ccccc1NC(=O)NNC(=O)CCN1CCN(Cc2ccccc2)CC1. The summed E-state index contributed by atoms with van der Waals surface area (Å²) in [5, 5.41) is 2.64. The van der Waals surface area contributed by atoms with E-state index in [1.807, 2.05) is 12.1 Å². The molecule has 3 rings (SSSR count). The third-order valence-electron chi connectivity index (χ3n) is 5.04. The van der Waals surface area contributed by atoms with Crippen molar-refractivity contribution in [1.29, 1.82) is 0 Å². The van der Waals surface area contributed by atoms with Gasteiger partial charge in [0.15, 0.2) is 0 Å². The average Bonchev–Trinajstić information content (AvgIpc) is 2.78. The van der Waals surface area contributed by atoms with E-state index < -0.39 is 6.03 Å². The summed E-state index contributed by atoms with van der Waals surface area (Å²) in [7, 11) is 1.53. The fraction of sp³-hybridized carbons (Fsp3) is 0.364. The summed E-state index contributed by atoms with van der Waals surface area (Å²) < 4.78 is 5.18. The van der Waals surface area contributed by atoms with Crippen LogP contribution in [0.2, 0.25) is 0 Å². The summed E-state index contributed by atoms with van der Waals surface area (Å²) >= 11 is 0. The van der Waals surface area contributed by atoms with Gasteiger partial charge in [0, 0.05) is 45.7 Å². The standard InChI is InChI=1S/C22H29N5O3/c1-30-20-10-6-5-9-19(20)23-22(29)25-24-21(28)11-12-26-13-15-27(16-14-26)17-18-7-3-2-4-8-18/h2-10H,11-17H2,1H3,(H,24,28)(H2,23,25,29). The maximum atomic E-state index is 12.1. The molecule has 1 fully saturated rings. The molecule has 30 heavy (non-hydrogen) atoms. The van der Waals surface area contributed by atoms with Gasteiger partial charge in [-0.1, -0.05) is 42.5 Å². The van der Waals surface area contributed by atoms with Crippen LogP contribution in [0.4, 0.5) is 10.5 Å². The zero-order valence-corrected chi connectivity index (χ0v) is 17.3. The Balaban J connectivity index is 1.31. The third kappa shape index (κ3) is 6.75. The topological polar surface area (TPSA) is 85.9 Å². The quantitative estimate of drug-likeness (QED) is 0.607. The molecule has 2 aromatic rings. The van der Waals surface area contributed by atoms with Crippen molar-refractivity contribution in [2.24, 2.45) is 0 Å². The lowest BCUT2D eigenvalue weighted by atomic mass is 10.2. The molecule has 0 aliphatic carbocycles. The molecule has 3 N–H and O–H groups in total. The van der Waals surface area contributed by atoms with Crippen molar-refractivity contribution < 1.29 is 14.3 Å². The highest BCUT2D eigenvalue weighted by Gasteiger charge is 2.17. The van der Waals surface area contributed by atoms with Crippen LogP contribution in [0.25, 0.3) is 0 Å². The fourth-order valence-electron chi connectivity index (χ4n) is 3.36. The van der Waals surface area contributed by atoms with Gasteiger partial charge in [0.1, 0.15) is 5.75 Å². The second kappa shape index (κ2) is 11.2. The highest BCUT2D eigenvalue weighted by molar-refractivity contribution is 5.92. The van der Waals surface area contributed by atoms with Gasteiger partial charge >= 0.3 is 6.03 Å². The van der Waals surface area contributed by atoms with Gasteiger partial charge in [-0.25, -0.2) is 10.2 Å². The Kier molecular flexibility index (Phi) is 8.05. The highest BCUT2D eigenvalue weighted by atomic mass is 16.5. The van der Waals surface area contributed by atoms with Gasteiger partial charge in [-0.05, 0) is 17.7 Å². The Labute approximate surface area is 177 Å². The van der Waals surface area contributed by atoms with E-state index in [1.54, 1.807) is 18.2 Å². The van der Waals surface area contributed by atoms with Crippen molar-refractivity contribution in [2.45, 2.75) is 13.0 Å². The molecule has 0 radical (unpaired) electrons. The molecular formula is C22H29N5O3. The molecular weight excluding hydrogens is 382 g/mol. The van der Waals surface area contributed by atoms with E-state index in [0.29, 0.717) is 24.4 Å². The second-order valence-corrected chi connectivity index (χ2v) is 7.18. The lowest BCUT2D eigenvalue weighted by Crippen LogP contribution is -2.48. The number of hydrazine groups is 1.